The van der Waals surface area contributed by atoms with Crippen molar-refractivity contribution in [2.75, 3.05) is 26.2 Å². The molecule has 0 aromatic carbocycles. The van der Waals surface area contributed by atoms with Crippen molar-refractivity contribution >= 4 is 18.3 Å². The molecule has 0 aromatic rings. The van der Waals surface area contributed by atoms with Crippen LogP contribution < -0.4 is 10.6 Å². The van der Waals surface area contributed by atoms with Crippen LogP contribution in [0.3, 0.4) is 0 Å². The Bertz CT molecular complexity index is 284. The van der Waals surface area contributed by atoms with Crippen LogP contribution in [0.15, 0.2) is 0 Å². The number of carbonyl (C=O) groups excluding carboxylic acids is 1. The lowest BCUT2D eigenvalue weighted by molar-refractivity contribution is -0.126. The van der Waals surface area contributed by atoms with E-state index in [2.05, 4.69) is 29.4 Å². The van der Waals surface area contributed by atoms with E-state index in [1.807, 2.05) is 0 Å². The predicted molar refractivity (Wildman–Crippen MR) is 80.7 cm³/mol. The Hall–Kier alpha value is -0.320. The number of nitrogens with zero attached hydrogens (tertiary/aromatic N) is 1. The molecule has 0 bridgehead atoms. The standard InChI is InChI=1S/C14H27N3O.ClH/c1-3-17(13-4-5-13)9-8-16-14(18)12-6-7-15-11(2)10-12;/h11-13,15H,3-10H2,1-2H3,(H,16,18);1H/t11-,12-;/m0./s1. The first-order chi connectivity index (χ1) is 8.70. The average molecular weight is 290 g/mol. The Morgan fingerprint density at radius 1 is 1.37 bits per heavy atom. The molecule has 2 aliphatic rings. The molecule has 2 atom stereocenters. The highest BCUT2D eigenvalue weighted by atomic mass is 35.5. The predicted octanol–water partition coefficient (Wildman–Crippen LogP) is 1.40. The summed E-state index contributed by atoms with van der Waals surface area (Å²) in [5.74, 6) is 0.479. The van der Waals surface area contributed by atoms with E-state index in [1.54, 1.807) is 0 Å². The third-order valence-electron chi connectivity index (χ3n) is 4.16. The van der Waals surface area contributed by atoms with Gasteiger partial charge >= 0.3 is 0 Å². The molecule has 0 spiro atoms. The van der Waals surface area contributed by atoms with E-state index < -0.39 is 0 Å². The number of hydrogen-bond donors (Lipinski definition) is 2. The van der Waals surface area contributed by atoms with Gasteiger partial charge in [-0.3, -0.25) is 9.69 Å². The molecule has 112 valence electrons. The molecule has 1 saturated carbocycles. The van der Waals surface area contributed by atoms with Gasteiger partial charge < -0.3 is 10.6 Å². The zero-order valence-electron chi connectivity index (χ0n) is 12.2. The molecular formula is C14H28ClN3O. The molecular weight excluding hydrogens is 262 g/mol. The Balaban J connectivity index is 0.00000180. The first-order valence-electron chi connectivity index (χ1n) is 7.45. The van der Waals surface area contributed by atoms with Crippen LogP contribution in [0.25, 0.3) is 0 Å². The SMILES string of the molecule is CCN(CCNC(=O)[C@H]1CCN[C@@H](C)C1)C1CC1.Cl. The fourth-order valence-corrected chi connectivity index (χ4v) is 2.88. The van der Waals surface area contributed by atoms with Gasteiger partial charge in [0, 0.05) is 31.1 Å². The molecule has 2 fully saturated rings. The fourth-order valence-electron chi connectivity index (χ4n) is 2.88. The van der Waals surface area contributed by atoms with Crippen molar-refractivity contribution in [1.29, 1.82) is 0 Å². The lowest BCUT2D eigenvalue weighted by atomic mass is 9.92. The van der Waals surface area contributed by atoms with Crippen molar-refractivity contribution in [3.8, 4) is 0 Å². The number of amides is 1. The van der Waals surface area contributed by atoms with Gasteiger partial charge in [-0.25, -0.2) is 0 Å². The van der Waals surface area contributed by atoms with Crippen molar-refractivity contribution in [3.05, 3.63) is 0 Å². The molecule has 0 radical (unpaired) electrons. The van der Waals surface area contributed by atoms with E-state index in [9.17, 15) is 4.79 Å². The summed E-state index contributed by atoms with van der Waals surface area (Å²) >= 11 is 0. The second kappa shape index (κ2) is 8.08. The third kappa shape index (κ3) is 5.28. The van der Waals surface area contributed by atoms with Crippen molar-refractivity contribution in [2.45, 2.75) is 51.6 Å². The minimum Gasteiger partial charge on any atom is -0.355 e. The summed E-state index contributed by atoms with van der Waals surface area (Å²) in [6.45, 7) is 8.25. The van der Waals surface area contributed by atoms with Gasteiger partial charge in [-0.1, -0.05) is 6.92 Å². The molecule has 1 aliphatic carbocycles. The molecule has 1 heterocycles. The van der Waals surface area contributed by atoms with Crippen LogP contribution in [0.1, 0.15) is 39.5 Å². The molecule has 2 N–H and O–H groups in total. The maximum absolute atomic E-state index is 12.0. The van der Waals surface area contributed by atoms with Gasteiger partial charge in [0.2, 0.25) is 5.91 Å². The van der Waals surface area contributed by atoms with Crippen LogP contribution in [0.5, 0.6) is 0 Å². The van der Waals surface area contributed by atoms with Gasteiger partial charge in [-0.2, -0.15) is 0 Å². The smallest absolute Gasteiger partial charge is 0.223 e. The topological polar surface area (TPSA) is 44.4 Å². The molecule has 1 saturated heterocycles. The summed E-state index contributed by atoms with van der Waals surface area (Å²) in [7, 11) is 0. The number of halogens is 1. The summed E-state index contributed by atoms with van der Waals surface area (Å²) in [5.41, 5.74) is 0. The van der Waals surface area contributed by atoms with Gasteiger partial charge in [-0.05, 0) is 45.7 Å². The Morgan fingerprint density at radius 2 is 2.11 bits per heavy atom. The number of rotatable bonds is 6. The van der Waals surface area contributed by atoms with E-state index in [0.29, 0.717) is 6.04 Å². The molecule has 5 heteroatoms. The molecule has 19 heavy (non-hydrogen) atoms. The molecule has 0 unspecified atom stereocenters. The van der Waals surface area contributed by atoms with Gasteiger partial charge in [0.1, 0.15) is 0 Å². The maximum Gasteiger partial charge on any atom is 0.223 e. The van der Waals surface area contributed by atoms with Gasteiger partial charge in [-0.15, -0.1) is 12.4 Å². The third-order valence-corrected chi connectivity index (χ3v) is 4.16. The summed E-state index contributed by atoms with van der Waals surface area (Å²) in [5, 5.41) is 6.50. The van der Waals surface area contributed by atoms with Crippen LogP contribution in [0, 0.1) is 5.92 Å². The summed E-state index contributed by atoms with van der Waals surface area (Å²) in [6, 6.07) is 1.28. The van der Waals surface area contributed by atoms with Crippen LogP contribution in [0.4, 0.5) is 0 Å². The monoisotopic (exact) mass is 289 g/mol. The summed E-state index contributed by atoms with van der Waals surface area (Å²) in [4.78, 5) is 14.5. The van der Waals surface area contributed by atoms with E-state index >= 15 is 0 Å². The quantitative estimate of drug-likeness (QED) is 0.777. The highest BCUT2D eigenvalue weighted by molar-refractivity contribution is 5.85. The molecule has 1 amide bonds. The Morgan fingerprint density at radius 3 is 2.68 bits per heavy atom. The second-order valence-corrected chi connectivity index (χ2v) is 5.73. The van der Waals surface area contributed by atoms with Gasteiger partial charge in [0.25, 0.3) is 0 Å². The Kier molecular flexibility index (Phi) is 7.11. The zero-order valence-corrected chi connectivity index (χ0v) is 13.0. The highest BCUT2D eigenvalue weighted by Gasteiger charge is 2.28. The Labute approximate surface area is 123 Å². The zero-order chi connectivity index (χ0) is 13.0. The molecule has 1 aliphatic heterocycles. The maximum atomic E-state index is 12.0. The minimum absolute atomic E-state index is 0. The van der Waals surface area contributed by atoms with Crippen LogP contribution >= 0.6 is 12.4 Å². The summed E-state index contributed by atoms with van der Waals surface area (Å²) in [6.07, 6.45) is 4.64. The van der Waals surface area contributed by atoms with E-state index in [4.69, 9.17) is 0 Å². The highest BCUT2D eigenvalue weighted by Crippen LogP contribution is 2.25. The largest absolute Gasteiger partial charge is 0.355 e. The lowest BCUT2D eigenvalue weighted by Gasteiger charge is -2.27. The second-order valence-electron chi connectivity index (χ2n) is 5.73. The fraction of sp³-hybridized carbons (Fsp3) is 0.929. The molecule has 2 rings (SSSR count). The van der Waals surface area contributed by atoms with Gasteiger partial charge in [0.05, 0.1) is 0 Å². The first-order valence-corrected chi connectivity index (χ1v) is 7.45. The lowest BCUT2D eigenvalue weighted by Crippen LogP contribution is -2.44. The van der Waals surface area contributed by atoms with Crippen LogP contribution in [-0.4, -0.2) is 49.1 Å². The first kappa shape index (κ1) is 16.7. The molecule has 4 nitrogen and oxygen atoms in total. The van der Waals surface area contributed by atoms with Crippen LogP contribution in [-0.2, 0) is 4.79 Å². The van der Waals surface area contributed by atoms with E-state index in [-0.39, 0.29) is 24.2 Å². The number of likely N-dealkylation sites (N-methyl/N-ethyl adjacent to an activating group) is 1. The number of piperidine rings is 1. The number of hydrogen-bond acceptors (Lipinski definition) is 3. The van der Waals surface area contributed by atoms with Crippen molar-refractivity contribution < 1.29 is 4.79 Å². The molecule has 0 aromatic heterocycles. The van der Waals surface area contributed by atoms with Crippen molar-refractivity contribution in [2.24, 2.45) is 5.92 Å². The number of nitrogens with one attached hydrogen (secondary N) is 2. The van der Waals surface area contributed by atoms with Gasteiger partial charge in [0.15, 0.2) is 0 Å². The van der Waals surface area contributed by atoms with E-state index in [0.717, 1.165) is 45.1 Å². The van der Waals surface area contributed by atoms with E-state index in [1.165, 1.54) is 12.8 Å². The summed E-state index contributed by atoms with van der Waals surface area (Å²) < 4.78 is 0. The number of carbonyl (C=O) groups is 1. The minimum atomic E-state index is 0. The van der Waals surface area contributed by atoms with Crippen molar-refractivity contribution in [3.63, 3.8) is 0 Å². The van der Waals surface area contributed by atoms with Crippen molar-refractivity contribution in [1.82, 2.24) is 15.5 Å². The van der Waals surface area contributed by atoms with Crippen LogP contribution in [0.2, 0.25) is 0 Å². The normalized spacial score (nSPS) is 26.9. The average Bonchev–Trinajstić information content (AvgIpc) is 3.18.